The first kappa shape index (κ1) is 14.2. The first-order chi connectivity index (χ1) is 10.6. The van der Waals surface area contributed by atoms with Gasteiger partial charge in [0, 0.05) is 17.2 Å². The molecule has 0 spiro atoms. The molecule has 0 bridgehead atoms. The van der Waals surface area contributed by atoms with Crippen molar-refractivity contribution in [3.8, 4) is 5.82 Å². The highest BCUT2D eigenvalue weighted by molar-refractivity contribution is 7.99. The van der Waals surface area contributed by atoms with Gasteiger partial charge < -0.3 is 5.11 Å². The smallest absolute Gasteiger partial charge is 0.356 e. The number of carboxylic acids is 1. The lowest BCUT2D eigenvalue weighted by Gasteiger charge is -2.03. The van der Waals surface area contributed by atoms with Crippen molar-refractivity contribution in [3.63, 3.8) is 0 Å². The number of hydrogen-bond acceptors (Lipinski definition) is 5. The van der Waals surface area contributed by atoms with Gasteiger partial charge in [0.25, 0.3) is 0 Å². The molecule has 0 saturated carbocycles. The standard InChI is InChI=1S/C14H9FN4O2S/c15-9-1-3-10(4-2-9)22-13-7-12(16-8-17-13)19-6-5-11(18-19)14(20)21/h1-8H,(H,20,21). The van der Waals surface area contributed by atoms with Crippen molar-refractivity contribution < 1.29 is 14.3 Å². The zero-order valence-corrected chi connectivity index (χ0v) is 11.9. The van der Waals surface area contributed by atoms with Crippen LogP contribution in [0.1, 0.15) is 10.5 Å². The van der Waals surface area contributed by atoms with Crippen LogP contribution in [0.2, 0.25) is 0 Å². The van der Waals surface area contributed by atoms with Crippen molar-refractivity contribution in [3.05, 3.63) is 60.4 Å². The first-order valence-corrected chi connectivity index (χ1v) is 6.98. The molecule has 0 fully saturated rings. The number of benzene rings is 1. The Morgan fingerprint density at radius 2 is 1.95 bits per heavy atom. The molecule has 0 amide bonds. The summed E-state index contributed by atoms with van der Waals surface area (Å²) in [5.74, 6) is -0.953. The van der Waals surface area contributed by atoms with Crippen molar-refractivity contribution in [2.24, 2.45) is 0 Å². The predicted octanol–water partition coefficient (Wildman–Crippen LogP) is 2.65. The highest BCUT2D eigenvalue weighted by Gasteiger charge is 2.09. The van der Waals surface area contributed by atoms with E-state index in [1.165, 1.54) is 47.2 Å². The molecule has 110 valence electrons. The maximum absolute atomic E-state index is 12.9. The normalized spacial score (nSPS) is 10.6. The minimum Gasteiger partial charge on any atom is -0.476 e. The molecule has 1 aromatic carbocycles. The predicted molar refractivity (Wildman–Crippen MR) is 76.6 cm³/mol. The Balaban J connectivity index is 1.85. The first-order valence-electron chi connectivity index (χ1n) is 6.16. The van der Waals surface area contributed by atoms with E-state index >= 15 is 0 Å². The van der Waals surface area contributed by atoms with Gasteiger partial charge in [0.05, 0.1) is 0 Å². The number of hydrogen-bond donors (Lipinski definition) is 1. The van der Waals surface area contributed by atoms with Crippen molar-refractivity contribution in [2.75, 3.05) is 0 Å². The molecule has 0 saturated heterocycles. The summed E-state index contributed by atoms with van der Waals surface area (Å²) in [5, 5.41) is 13.4. The quantitative estimate of drug-likeness (QED) is 0.745. The van der Waals surface area contributed by atoms with Crippen LogP contribution in [0.5, 0.6) is 0 Å². The molecule has 8 heteroatoms. The molecular weight excluding hydrogens is 307 g/mol. The summed E-state index contributed by atoms with van der Waals surface area (Å²) in [6.45, 7) is 0. The average molecular weight is 316 g/mol. The zero-order valence-electron chi connectivity index (χ0n) is 11.0. The molecule has 1 N–H and O–H groups in total. The lowest BCUT2D eigenvalue weighted by atomic mass is 10.4. The van der Waals surface area contributed by atoms with Crippen molar-refractivity contribution in [1.29, 1.82) is 0 Å². The number of carboxylic acid groups (broad SMARTS) is 1. The van der Waals surface area contributed by atoms with Crippen LogP contribution in [0.15, 0.2) is 58.8 Å². The van der Waals surface area contributed by atoms with Crippen LogP contribution in [0.3, 0.4) is 0 Å². The lowest BCUT2D eigenvalue weighted by molar-refractivity contribution is 0.0690. The van der Waals surface area contributed by atoms with Gasteiger partial charge in [0.15, 0.2) is 11.5 Å². The van der Waals surface area contributed by atoms with Crippen LogP contribution in [0, 0.1) is 5.82 Å². The molecule has 0 aliphatic heterocycles. The Labute approximate surface area is 128 Å². The second kappa shape index (κ2) is 5.94. The summed E-state index contributed by atoms with van der Waals surface area (Å²) in [6.07, 6.45) is 2.88. The summed E-state index contributed by atoms with van der Waals surface area (Å²) >= 11 is 1.34. The van der Waals surface area contributed by atoms with Gasteiger partial charge in [-0.2, -0.15) is 5.10 Å². The van der Waals surface area contributed by atoms with Gasteiger partial charge in [0.1, 0.15) is 17.2 Å². The summed E-state index contributed by atoms with van der Waals surface area (Å²) in [6, 6.07) is 9.11. The largest absolute Gasteiger partial charge is 0.476 e. The van der Waals surface area contributed by atoms with Crippen LogP contribution in [0.4, 0.5) is 4.39 Å². The Kier molecular flexibility index (Phi) is 3.84. The van der Waals surface area contributed by atoms with Gasteiger partial charge in [-0.05, 0) is 30.3 Å². The molecule has 6 nitrogen and oxygen atoms in total. The van der Waals surface area contributed by atoms with Crippen LogP contribution < -0.4 is 0 Å². The van der Waals surface area contributed by atoms with E-state index in [0.29, 0.717) is 10.8 Å². The number of nitrogens with zero attached hydrogens (tertiary/aromatic N) is 4. The minimum atomic E-state index is -1.10. The number of halogens is 1. The average Bonchev–Trinajstić information content (AvgIpc) is 3.00. The summed E-state index contributed by atoms with van der Waals surface area (Å²) < 4.78 is 14.2. The second-order valence-corrected chi connectivity index (χ2v) is 5.31. The van der Waals surface area contributed by atoms with Gasteiger partial charge in [-0.3, -0.25) is 0 Å². The van der Waals surface area contributed by atoms with E-state index in [2.05, 4.69) is 15.1 Å². The van der Waals surface area contributed by atoms with E-state index in [0.717, 1.165) is 4.90 Å². The Hall–Kier alpha value is -2.74. The molecule has 2 heterocycles. The molecule has 0 aliphatic carbocycles. The van der Waals surface area contributed by atoms with Crippen LogP contribution >= 0.6 is 11.8 Å². The number of rotatable bonds is 4. The van der Waals surface area contributed by atoms with Gasteiger partial charge in [-0.1, -0.05) is 11.8 Å². The van der Waals surface area contributed by atoms with E-state index in [9.17, 15) is 9.18 Å². The van der Waals surface area contributed by atoms with Crippen molar-refractivity contribution in [2.45, 2.75) is 9.92 Å². The third-order valence-corrected chi connectivity index (χ3v) is 3.65. The van der Waals surface area contributed by atoms with E-state index in [-0.39, 0.29) is 11.5 Å². The minimum absolute atomic E-state index is 0.0636. The monoisotopic (exact) mass is 316 g/mol. The Morgan fingerprint density at radius 1 is 1.18 bits per heavy atom. The van der Waals surface area contributed by atoms with E-state index in [4.69, 9.17) is 5.11 Å². The molecule has 0 aliphatic rings. The van der Waals surface area contributed by atoms with Crippen LogP contribution in [0.25, 0.3) is 5.82 Å². The van der Waals surface area contributed by atoms with E-state index in [1.807, 2.05) is 0 Å². The van der Waals surface area contributed by atoms with Gasteiger partial charge in [-0.15, -0.1) is 0 Å². The van der Waals surface area contributed by atoms with Crippen LogP contribution in [-0.4, -0.2) is 30.8 Å². The molecule has 0 atom stereocenters. The number of aromatic carboxylic acids is 1. The summed E-state index contributed by atoms with van der Waals surface area (Å²) in [5.41, 5.74) is -0.0636. The fourth-order valence-corrected chi connectivity index (χ4v) is 2.48. The van der Waals surface area contributed by atoms with Crippen molar-refractivity contribution in [1.82, 2.24) is 19.7 Å². The van der Waals surface area contributed by atoms with Gasteiger partial charge in [0.2, 0.25) is 0 Å². The maximum Gasteiger partial charge on any atom is 0.356 e. The zero-order chi connectivity index (χ0) is 15.5. The Bertz CT molecular complexity index is 820. The van der Waals surface area contributed by atoms with E-state index in [1.54, 1.807) is 18.2 Å². The van der Waals surface area contributed by atoms with E-state index < -0.39 is 5.97 Å². The molecule has 0 radical (unpaired) electrons. The van der Waals surface area contributed by atoms with Gasteiger partial charge in [-0.25, -0.2) is 23.8 Å². The fourth-order valence-electron chi connectivity index (χ4n) is 1.70. The van der Waals surface area contributed by atoms with Gasteiger partial charge >= 0.3 is 5.97 Å². The molecule has 22 heavy (non-hydrogen) atoms. The summed E-state index contributed by atoms with van der Waals surface area (Å²) in [7, 11) is 0. The molecule has 2 aromatic heterocycles. The topological polar surface area (TPSA) is 80.9 Å². The molecular formula is C14H9FN4O2S. The highest BCUT2D eigenvalue weighted by atomic mass is 32.2. The highest BCUT2D eigenvalue weighted by Crippen LogP contribution is 2.26. The third kappa shape index (κ3) is 3.12. The number of aromatic nitrogens is 4. The Morgan fingerprint density at radius 3 is 2.64 bits per heavy atom. The number of carbonyl (C=O) groups is 1. The second-order valence-electron chi connectivity index (χ2n) is 4.22. The third-order valence-electron chi connectivity index (χ3n) is 2.71. The van der Waals surface area contributed by atoms with Crippen LogP contribution in [-0.2, 0) is 0 Å². The molecule has 0 unspecified atom stereocenters. The maximum atomic E-state index is 12.9. The fraction of sp³-hybridized carbons (Fsp3) is 0. The lowest BCUT2D eigenvalue weighted by Crippen LogP contribution is -2.03. The SMILES string of the molecule is O=C(O)c1ccn(-c2cc(Sc3ccc(F)cc3)ncn2)n1. The molecule has 3 aromatic rings. The summed E-state index contributed by atoms with van der Waals surface area (Å²) in [4.78, 5) is 19.9. The molecule has 3 rings (SSSR count). The van der Waals surface area contributed by atoms with Crippen molar-refractivity contribution >= 4 is 17.7 Å².